The number of rotatable bonds is 8. The zero-order chi connectivity index (χ0) is 22.8. The zero-order valence-electron chi connectivity index (χ0n) is 18.7. The molecular formula is C21H30N6O3S2. The summed E-state index contributed by atoms with van der Waals surface area (Å²) in [6.45, 7) is 9.79. The van der Waals surface area contributed by atoms with Gasteiger partial charge in [0.25, 0.3) is 5.91 Å². The number of fused-ring (bicyclic) bond motifs is 1. The van der Waals surface area contributed by atoms with Gasteiger partial charge in [-0.1, -0.05) is 25.6 Å². The van der Waals surface area contributed by atoms with Gasteiger partial charge < -0.3 is 20.7 Å². The third-order valence-electron chi connectivity index (χ3n) is 5.59. The standard InChI is InChI=1S/C21H30N6O3S2/c1-12(2)11-27-20(26-7-9-30-10-8-26)24-25-21(27)31-13(3)18(29)23-19-16(17(22)28)14-5-4-6-15(14)32-19/h12-13H,4-11H2,1-3H3,(H2,22,28)(H,23,29)/t13-/m0/s1. The highest BCUT2D eigenvalue weighted by molar-refractivity contribution is 8.00. The fourth-order valence-electron chi connectivity index (χ4n) is 4.07. The molecule has 2 aromatic rings. The highest BCUT2D eigenvalue weighted by Crippen LogP contribution is 2.39. The van der Waals surface area contributed by atoms with Crippen LogP contribution in [0.1, 0.15) is 48.0 Å². The fraction of sp³-hybridized carbons (Fsp3) is 0.619. The minimum absolute atomic E-state index is 0.176. The molecule has 0 aromatic carbocycles. The number of carbonyl (C=O) groups is 2. The number of amides is 2. The Labute approximate surface area is 196 Å². The van der Waals surface area contributed by atoms with E-state index in [1.807, 2.05) is 6.92 Å². The first-order chi connectivity index (χ1) is 15.3. The van der Waals surface area contributed by atoms with Gasteiger partial charge in [0.05, 0.1) is 24.0 Å². The summed E-state index contributed by atoms with van der Waals surface area (Å²) in [6, 6.07) is 0. The van der Waals surface area contributed by atoms with Crippen molar-refractivity contribution in [3.63, 3.8) is 0 Å². The van der Waals surface area contributed by atoms with E-state index in [1.54, 1.807) is 0 Å². The molecule has 2 amide bonds. The van der Waals surface area contributed by atoms with Crippen LogP contribution in [-0.4, -0.2) is 58.1 Å². The van der Waals surface area contributed by atoms with E-state index in [-0.39, 0.29) is 5.91 Å². The van der Waals surface area contributed by atoms with Crippen LogP contribution >= 0.6 is 23.1 Å². The van der Waals surface area contributed by atoms with Crippen LogP contribution in [0.15, 0.2) is 5.16 Å². The van der Waals surface area contributed by atoms with Crippen molar-refractivity contribution in [2.24, 2.45) is 11.7 Å². The van der Waals surface area contributed by atoms with Crippen LogP contribution in [0.5, 0.6) is 0 Å². The molecule has 1 saturated heterocycles. The van der Waals surface area contributed by atoms with E-state index in [4.69, 9.17) is 10.5 Å². The van der Waals surface area contributed by atoms with Crippen molar-refractivity contribution in [3.8, 4) is 0 Å². The molecule has 0 saturated carbocycles. The van der Waals surface area contributed by atoms with E-state index in [1.165, 1.54) is 23.1 Å². The van der Waals surface area contributed by atoms with Crippen molar-refractivity contribution in [1.29, 1.82) is 0 Å². The number of carbonyl (C=O) groups excluding carboxylic acids is 2. The molecule has 32 heavy (non-hydrogen) atoms. The molecule has 2 aromatic heterocycles. The van der Waals surface area contributed by atoms with Crippen LogP contribution < -0.4 is 16.0 Å². The van der Waals surface area contributed by atoms with Gasteiger partial charge in [-0.05, 0) is 37.7 Å². The summed E-state index contributed by atoms with van der Waals surface area (Å²) in [5.74, 6) is 0.569. The zero-order valence-corrected chi connectivity index (χ0v) is 20.4. The number of aryl methyl sites for hydroxylation is 1. The molecule has 1 atom stereocenters. The topological polar surface area (TPSA) is 115 Å². The number of thiophene rings is 1. The van der Waals surface area contributed by atoms with Crippen molar-refractivity contribution in [1.82, 2.24) is 14.8 Å². The number of thioether (sulfide) groups is 1. The molecule has 2 aliphatic rings. The molecule has 1 aliphatic heterocycles. The Morgan fingerprint density at radius 2 is 1.97 bits per heavy atom. The maximum absolute atomic E-state index is 13.0. The van der Waals surface area contributed by atoms with Gasteiger partial charge in [0.2, 0.25) is 11.9 Å². The lowest BCUT2D eigenvalue weighted by atomic mass is 10.1. The van der Waals surface area contributed by atoms with E-state index in [2.05, 4.69) is 38.8 Å². The number of ether oxygens (including phenoxy) is 1. The molecule has 0 spiro atoms. The average Bonchev–Trinajstić information content (AvgIpc) is 3.43. The number of primary amides is 1. The second-order valence-corrected chi connectivity index (χ2v) is 11.0. The minimum Gasteiger partial charge on any atom is -0.378 e. The summed E-state index contributed by atoms with van der Waals surface area (Å²) in [4.78, 5) is 28.4. The summed E-state index contributed by atoms with van der Waals surface area (Å²) in [6.07, 6.45) is 2.80. The summed E-state index contributed by atoms with van der Waals surface area (Å²) >= 11 is 2.85. The van der Waals surface area contributed by atoms with E-state index >= 15 is 0 Å². The maximum atomic E-state index is 13.0. The first-order valence-electron chi connectivity index (χ1n) is 11.0. The molecule has 0 bridgehead atoms. The van der Waals surface area contributed by atoms with E-state index in [9.17, 15) is 9.59 Å². The number of aromatic nitrogens is 3. The normalized spacial score (nSPS) is 16.9. The number of nitrogens with one attached hydrogen (secondary N) is 1. The molecule has 4 rings (SSSR count). The first kappa shape index (κ1) is 23.1. The van der Waals surface area contributed by atoms with Gasteiger partial charge in [-0.3, -0.25) is 14.2 Å². The van der Waals surface area contributed by atoms with Gasteiger partial charge in [-0.2, -0.15) is 0 Å². The third kappa shape index (κ3) is 4.79. The average molecular weight is 479 g/mol. The Kier molecular flexibility index (Phi) is 7.06. The molecule has 9 nitrogen and oxygen atoms in total. The second-order valence-electron chi connectivity index (χ2n) is 8.56. The van der Waals surface area contributed by atoms with Crippen LogP contribution in [-0.2, 0) is 28.9 Å². The van der Waals surface area contributed by atoms with Gasteiger partial charge in [-0.25, -0.2) is 0 Å². The summed E-state index contributed by atoms with van der Waals surface area (Å²) < 4.78 is 7.56. The number of anilines is 2. The monoisotopic (exact) mass is 478 g/mol. The van der Waals surface area contributed by atoms with Gasteiger partial charge >= 0.3 is 0 Å². The minimum atomic E-state index is -0.480. The molecule has 0 unspecified atom stereocenters. The lowest BCUT2D eigenvalue weighted by molar-refractivity contribution is -0.115. The molecule has 1 aliphatic carbocycles. The Morgan fingerprint density at radius 3 is 2.66 bits per heavy atom. The highest BCUT2D eigenvalue weighted by atomic mass is 32.2. The molecule has 0 radical (unpaired) electrons. The molecule has 3 heterocycles. The van der Waals surface area contributed by atoms with E-state index in [0.29, 0.717) is 34.9 Å². The van der Waals surface area contributed by atoms with Gasteiger partial charge in [0, 0.05) is 24.5 Å². The summed E-state index contributed by atoms with van der Waals surface area (Å²) in [5, 5.41) is 12.6. The van der Waals surface area contributed by atoms with Crippen molar-refractivity contribution in [2.45, 2.75) is 57.0 Å². The van der Waals surface area contributed by atoms with E-state index in [0.717, 1.165) is 55.3 Å². The smallest absolute Gasteiger partial charge is 0.251 e. The van der Waals surface area contributed by atoms with Crippen molar-refractivity contribution < 1.29 is 14.3 Å². The largest absolute Gasteiger partial charge is 0.378 e. The summed E-state index contributed by atoms with van der Waals surface area (Å²) in [5.41, 5.74) is 7.11. The maximum Gasteiger partial charge on any atom is 0.251 e. The lowest BCUT2D eigenvalue weighted by Gasteiger charge is -2.28. The number of hydrogen-bond acceptors (Lipinski definition) is 8. The third-order valence-corrected chi connectivity index (χ3v) is 7.88. The van der Waals surface area contributed by atoms with Gasteiger partial charge in [0.1, 0.15) is 5.00 Å². The Morgan fingerprint density at radius 1 is 1.22 bits per heavy atom. The number of nitrogens with zero attached hydrogens (tertiary/aromatic N) is 4. The van der Waals surface area contributed by atoms with Crippen LogP contribution in [0.3, 0.4) is 0 Å². The second kappa shape index (κ2) is 9.80. The lowest BCUT2D eigenvalue weighted by Crippen LogP contribution is -2.38. The van der Waals surface area contributed by atoms with Crippen molar-refractivity contribution >= 4 is 45.9 Å². The van der Waals surface area contributed by atoms with Crippen LogP contribution in [0.4, 0.5) is 10.9 Å². The molecular weight excluding hydrogens is 448 g/mol. The van der Waals surface area contributed by atoms with Gasteiger partial charge in [-0.15, -0.1) is 21.5 Å². The number of morpholine rings is 1. The number of hydrogen-bond donors (Lipinski definition) is 2. The van der Waals surface area contributed by atoms with Crippen LogP contribution in [0.25, 0.3) is 0 Å². The first-order valence-corrected chi connectivity index (χ1v) is 12.7. The quantitative estimate of drug-likeness (QED) is 0.560. The molecule has 174 valence electrons. The van der Waals surface area contributed by atoms with Crippen molar-refractivity contribution in [2.75, 3.05) is 36.5 Å². The predicted molar refractivity (Wildman–Crippen MR) is 127 cm³/mol. The Balaban J connectivity index is 1.50. The van der Waals surface area contributed by atoms with Crippen LogP contribution in [0, 0.1) is 5.92 Å². The SMILES string of the molecule is CC(C)Cn1c(S[C@@H](C)C(=O)Nc2sc3c(c2C(N)=O)CCC3)nnc1N1CCOCC1. The molecule has 11 heteroatoms. The molecule has 1 fully saturated rings. The van der Waals surface area contributed by atoms with Crippen molar-refractivity contribution in [3.05, 3.63) is 16.0 Å². The number of nitrogens with two attached hydrogens (primary N) is 1. The molecule has 3 N–H and O–H groups in total. The van der Waals surface area contributed by atoms with Crippen LogP contribution in [0.2, 0.25) is 0 Å². The Hall–Kier alpha value is -2.11. The van der Waals surface area contributed by atoms with Gasteiger partial charge in [0.15, 0.2) is 5.16 Å². The highest BCUT2D eigenvalue weighted by Gasteiger charge is 2.28. The summed E-state index contributed by atoms with van der Waals surface area (Å²) in [7, 11) is 0. The fourth-order valence-corrected chi connectivity index (χ4v) is 6.22. The predicted octanol–water partition coefficient (Wildman–Crippen LogP) is 2.54. The van der Waals surface area contributed by atoms with E-state index < -0.39 is 11.2 Å². The Bertz CT molecular complexity index is 996.